The minimum absolute atomic E-state index is 0.0430. The van der Waals surface area contributed by atoms with Gasteiger partial charge in [0.1, 0.15) is 0 Å². The highest BCUT2D eigenvalue weighted by atomic mass is 16.5. The summed E-state index contributed by atoms with van der Waals surface area (Å²) in [6.07, 6.45) is 4.05. The van der Waals surface area contributed by atoms with Crippen LogP contribution in [0.15, 0.2) is 30.3 Å². The Balaban J connectivity index is 1.87. The molecule has 1 spiro atoms. The molecule has 26 heavy (non-hydrogen) atoms. The Morgan fingerprint density at radius 3 is 2.50 bits per heavy atom. The van der Waals surface area contributed by atoms with Gasteiger partial charge in [0.25, 0.3) is 0 Å². The third-order valence-electron chi connectivity index (χ3n) is 6.11. The van der Waals surface area contributed by atoms with E-state index in [-0.39, 0.29) is 29.6 Å². The average Bonchev–Trinajstić information content (AvgIpc) is 2.65. The number of hydrogen-bond donors (Lipinski definition) is 0. The van der Waals surface area contributed by atoms with Gasteiger partial charge in [0.05, 0.1) is 11.7 Å². The van der Waals surface area contributed by atoms with Crippen LogP contribution < -0.4 is 0 Å². The molecule has 2 atom stereocenters. The third-order valence-corrected chi connectivity index (χ3v) is 6.11. The molecule has 4 heteroatoms. The molecule has 0 unspecified atom stereocenters. The van der Waals surface area contributed by atoms with E-state index in [9.17, 15) is 4.79 Å². The Bertz CT molecular complexity index is 593. The zero-order valence-corrected chi connectivity index (χ0v) is 16.8. The molecule has 1 aromatic rings. The quantitative estimate of drug-likeness (QED) is 0.819. The number of carbonyl (C=O) groups excluding carboxylic acids is 1. The van der Waals surface area contributed by atoms with E-state index in [0.29, 0.717) is 0 Å². The molecule has 0 N–H and O–H groups in total. The van der Waals surface area contributed by atoms with Gasteiger partial charge >= 0.3 is 0 Å². The van der Waals surface area contributed by atoms with Gasteiger partial charge in [0, 0.05) is 31.6 Å². The topological polar surface area (TPSA) is 32.8 Å². The molecule has 0 aliphatic carbocycles. The summed E-state index contributed by atoms with van der Waals surface area (Å²) in [5, 5.41) is 0. The van der Waals surface area contributed by atoms with E-state index < -0.39 is 0 Å². The zero-order valence-electron chi connectivity index (χ0n) is 16.8. The van der Waals surface area contributed by atoms with Gasteiger partial charge in [-0.05, 0) is 45.2 Å². The zero-order chi connectivity index (χ0) is 18.7. The molecule has 0 saturated carbocycles. The molecule has 1 aromatic carbocycles. The van der Waals surface area contributed by atoms with E-state index >= 15 is 0 Å². The molecule has 0 radical (unpaired) electrons. The largest absolute Gasteiger partial charge is 0.367 e. The maximum atomic E-state index is 12.8. The molecular weight excluding hydrogens is 324 g/mol. The fourth-order valence-corrected chi connectivity index (χ4v) is 4.54. The number of nitrogens with zero attached hydrogens (tertiary/aromatic N) is 2. The summed E-state index contributed by atoms with van der Waals surface area (Å²) in [6.45, 7) is 9.03. The van der Waals surface area contributed by atoms with E-state index in [1.54, 1.807) is 0 Å². The van der Waals surface area contributed by atoms with Crippen molar-refractivity contribution in [2.75, 3.05) is 26.7 Å². The summed E-state index contributed by atoms with van der Waals surface area (Å²) in [5.41, 5.74) is 1.14. The Morgan fingerprint density at radius 1 is 1.27 bits per heavy atom. The van der Waals surface area contributed by atoms with Gasteiger partial charge in [-0.1, -0.05) is 44.2 Å². The number of amides is 1. The number of benzene rings is 1. The summed E-state index contributed by atoms with van der Waals surface area (Å²) in [4.78, 5) is 17.3. The Labute approximate surface area is 158 Å². The van der Waals surface area contributed by atoms with Crippen molar-refractivity contribution in [3.63, 3.8) is 0 Å². The van der Waals surface area contributed by atoms with Crippen LogP contribution in [0.5, 0.6) is 0 Å². The molecule has 2 aliphatic heterocycles. The van der Waals surface area contributed by atoms with Crippen LogP contribution in [0.3, 0.4) is 0 Å². The molecule has 1 amide bonds. The van der Waals surface area contributed by atoms with Gasteiger partial charge in [-0.3, -0.25) is 4.79 Å². The lowest BCUT2D eigenvalue weighted by molar-refractivity contribution is -0.178. The molecule has 0 aromatic heterocycles. The molecule has 2 fully saturated rings. The second-order valence-corrected chi connectivity index (χ2v) is 8.38. The predicted molar refractivity (Wildman–Crippen MR) is 105 cm³/mol. The molecule has 144 valence electrons. The van der Waals surface area contributed by atoms with Crippen molar-refractivity contribution in [1.29, 1.82) is 0 Å². The summed E-state index contributed by atoms with van der Waals surface area (Å²) < 4.78 is 6.75. The first-order valence-electron chi connectivity index (χ1n) is 10.2. The van der Waals surface area contributed by atoms with Crippen molar-refractivity contribution in [1.82, 2.24) is 9.80 Å². The van der Waals surface area contributed by atoms with Crippen molar-refractivity contribution < 1.29 is 9.53 Å². The first-order valence-corrected chi connectivity index (χ1v) is 10.2. The highest BCUT2D eigenvalue weighted by Crippen LogP contribution is 2.44. The molecule has 2 aliphatic rings. The molecule has 0 bridgehead atoms. The second-order valence-electron chi connectivity index (χ2n) is 8.38. The summed E-state index contributed by atoms with van der Waals surface area (Å²) >= 11 is 0. The lowest BCUT2D eigenvalue weighted by atomic mass is 9.79. The average molecular weight is 359 g/mol. The summed E-state index contributed by atoms with van der Waals surface area (Å²) in [5.74, 6) is 0.315. The fraction of sp³-hybridized carbons (Fsp3) is 0.682. The molecule has 2 heterocycles. The van der Waals surface area contributed by atoms with Crippen LogP contribution in [0.2, 0.25) is 0 Å². The van der Waals surface area contributed by atoms with Crippen molar-refractivity contribution in [3.8, 4) is 0 Å². The highest BCUT2D eigenvalue weighted by Gasteiger charge is 2.45. The smallest absolute Gasteiger partial charge is 0.225 e. The molecular formula is C22H34N2O2. The maximum Gasteiger partial charge on any atom is 0.225 e. The number of rotatable bonds is 4. The van der Waals surface area contributed by atoms with Gasteiger partial charge in [-0.2, -0.15) is 0 Å². The van der Waals surface area contributed by atoms with Crippen LogP contribution in [0.25, 0.3) is 0 Å². The second kappa shape index (κ2) is 8.10. The lowest BCUT2D eigenvalue weighted by Gasteiger charge is -2.51. The number of hydrogen-bond acceptors (Lipinski definition) is 3. The number of carbonyl (C=O) groups is 1. The van der Waals surface area contributed by atoms with E-state index in [2.05, 4.69) is 54.1 Å². The molecule has 4 nitrogen and oxygen atoms in total. The van der Waals surface area contributed by atoms with E-state index in [1.807, 2.05) is 13.8 Å². The van der Waals surface area contributed by atoms with Gasteiger partial charge in [0.15, 0.2) is 0 Å². The van der Waals surface area contributed by atoms with Crippen LogP contribution in [0.4, 0.5) is 0 Å². The van der Waals surface area contributed by atoms with Crippen LogP contribution in [0.1, 0.15) is 58.1 Å². The predicted octanol–water partition coefficient (Wildman–Crippen LogP) is 3.88. The number of likely N-dealkylation sites (tertiary alicyclic amines) is 1. The molecule has 2 saturated heterocycles. The first-order chi connectivity index (χ1) is 12.4. The van der Waals surface area contributed by atoms with Crippen LogP contribution in [0, 0.1) is 5.92 Å². The van der Waals surface area contributed by atoms with Crippen molar-refractivity contribution in [3.05, 3.63) is 35.9 Å². The summed E-state index contributed by atoms with van der Waals surface area (Å²) in [7, 11) is 2.18. The Morgan fingerprint density at radius 2 is 1.92 bits per heavy atom. The van der Waals surface area contributed by atoms with E-state index in [0.717, 1.165) is 45.3 Å². The Hall–Kier alpha value is -1.39. The van der Waals surface area contributed by atoms with Crippen LogP contribution in [-0.4, -0.2) is 54.0 Å². The maximum absolute atomic E-state index is 12.8. The minimum Gasteiger partial charge on any atom is -0.367 e. The van der Waals surface area contributed by atoms with E-state index in [4.69, 9.17) is 4.74 Å². The van der Waals surface area contributed by atoms with Gasteiger partial charge in [-0.15, -0.1) is 0 Å². The lowest BCUT2D eigenvalue weighted by Crippen LogP contribution is -2.55. The fourth-order valence-electron chi connectivity index (χ4n) is 4.54. The van der Waals surface area contributed by atoms with E-state index in [1.165, 1.54) is 5.56 Å². The van der Waals surface area contributed by atoms with Crippen LogP contribution >= 0.6 is 0 Å². The minimum atomic E-state index is -0.0966. The normalized spacial score (nSPS) is 26.2. The number of piperidine rings is 1. The highest BCUT2D eigenvalue weighted by molar-refractivity contribution is 5.78. The van der Waals surface area contributed by atoms with Gasteiger partial charge in [-0.25, -0.2) is 0 Å². The summed E-state index contributed by atoms with van der Waals surface area (Å²) in [6, 6.07) is 10.8. The standard InChI is InChI=1S/C22H34N2O2/c1-5-24(21(25)17(2)3)19-15-20(18-9-7-6-8-10-18)26-22(16-19)11-13-23(4)14-12-22/h6-10,17,19-20H,5,11-16H2,1-4H3/t19-,20-/m0/s1. The van der Waals surface area contributed by atoms with Gasteiger partial charge in [0.2, 0.25) is 5.91 Å². The SMILES string of the molecule is CCN(C(=O)C(C)C)[C@H]1C[C@@H](c2ccccc2)OC2(CCN(C)CC2)C1. The molecule has 3 rings (SSSR count). The Kier molecular flexibility index (Phi) is 6.03. The number of ether oxygens (including phenoxy) is 1. The van der Waals surface area contributed by atoms with Crippen molar-refractivity contribution in [2.45, 2.75) is 64.2 Å². The monoisotopic (exact) mass is 358 g/mol. The van der Waals surface area contributed by atoms with Gasteiger partial charge < -0.3 is 14.5 Å². The van der Waals surface area contributed by atoms with Crippen molar-refractivity contribution in [2.24, 2.45) is 5.92 Å². The third kappa shape index (κ3) is 4.12. The van der Waals surface area contributed by atoms with Crippen LogP contribution in [-0.2, 0) is 9.53 Å². The van der Waals surface area contributed by atoms with Crippen molar-refractivity contribution >= 4 is 5.91 Å². The first kappa shape index (κ1) is 19.4.